The van der Waals surface area contributed by atoms with Gasteiger partial charge in [0.15, 0.2) is 0 Å². The number of nitrogens with one attached hydrogen (secondary N) is 1. The second-order valence-electron chi connectivity index (χ2n) is 9.90. The minimum Gasteiger partial charge on any atom is -0.350 e. The van der Waals surface area contributed by atoms with Crippen LogP contribution < -0.4 is 10.2 Å². The lowest BCUT2D eigenvalue weighted by atomic mass is 9.92. The summed E-state index contributed by atoms with van der Waals surface area (Å²) in [6.45, 7) is 5.83. The van der Waals surface area contributed by atoms with Gasteiger partial charge >= 0.3 is 0 Å². The van der Waals surface area contributed by atoms with E-state index in [1.165, 1.54) is 0 Å². The lowest BCUT2D eigenvalue weighted by Crippen LogP contribution is -2.60. The van der Waals surface area contributed by atoms with Crippen LogP contribution in [-0.4, -0.2) is 33.2 Å². The number of nitrogens with zero attached hydrogens (tertiary/aromatic N) is 3. The number of benzene rings is 3. The fraction of sp³-hybridized carbons (Fsp3) is 0.250. The number of halogens is 1. The van der Waals surface area contributed by atoms with E-state index in [-0.39, 0.29) is 11.8 Å². The maximum absolute atomic E-state index is 14.1. The molecule has 6 nitrogen and oxygen atoms in total. The molecule has 2 atom stereocenters. The molecule has 0 radical (unpaired) electrons. The minimum absolute atomic E-state index is 0.206. The molecule has 178 valence electrons. The van der Waals surface area contributed by atoms with Crippen molar-refractivity contribution >= 4 is 44.3 Å². The van der Waals surface area contributed by atoms with Crippen LogP contribution in [0.5, 0.6) is 0 Å². The van der Waals surface area contributed by atoms with E-state index in [0.717, 1.165) is 20.9 Å². The van der Waals surface area contributed by atoms with Crippen molar-refractivity contribution in [3.8, 4) is 0 Å². The van der Waals surface area contributed by atoms with E-state index in [9.17, 15) is 9.59 Å². The predicted octanol–water partition coefficient (Wildman–Crippen LogP) is 5.53. The standard InChI is InChI=1S/C28H27BrN4O2/c1-28(2,3)30-26(34)25-23(17-18-13-15-19(29)16-14-18)33-24(21-11-7-8-12-22(21)31-33)27(35)32(25)20-9-5-4-6-10-20/h4-16,23,25H,17H2,1-3H3,(H,30,34). The van der Waals surface area contributed by atoms with Gasteiger partial charge in [0.05, 0.1) is 11.6 Å². The quantitative estimate of drug-likeness (QED) is 0.377. The molecule has 0 bridgehead atoms. The lowest BCUT2D eigenvalue weighted by molar-refractivity contribution is -0.125. The van der Waals surface area contributed by atoms with Crippen molar-refractivity contribution < 1.29 is 9.59 Å². The molecule has 7 heteroatoms. The van der Waals surface area contributed by atoms with Crippen LogP contribution in [0.4, 0.5) is 5.69 Å². The molecule has 2 heterocycles. The Labute approximate surface area is 213 Å². The SMILES string of the molecule is CC(C)(C)NC(=O)C1C(Cc2ccc(Br)cc2)n2nc3ccccc3c2C(=O)N1c1ccccc1. The largest absolute Gasteiger partial charge is 0.350 e. The molecule has 0 saturated heterocycles. The van der Waals surface area contributed by atoms with Crippen LogP contribution in [0.2, 0.25) is 0 Å². The van der Waals surface area contributed by atoms with Gasteiger partial charge in [-0.1, -0.05) is 64.5 Å². The first-order valence-electron chi connectivity index (χ1n) is 11.7. The summed E-state index contributed by atoms with van der Waals surface area (Å²) >= 11 is 3.50. The van der Waals surface area contributed by atoms with Crippen LogP contribution in [0, 0.1) is 0 Å². The second kappa shape index (κ2) is 8.96. The van der Waals surface area contributed by atoms with Crippen LogP contribution in [0.25, 0.3) is 10.9 Å². The molecule has 2 amide bonds. The number of carbonyl (C=O) groups is 2. The summed E-state index contributed by atoms with van der Waals surface area (Å²) < 4.78 is 2.76. The third-order valence-electron chi connectivity index (χ3n) is 6.14. The molecule has 0 spiro atoms. The molecule has 4 aromatic rings. The summed E-state index contributed by atoms with van der Waals surface area (Å²) in [5.41, 5.74) is 2.52. The molecule has 1 aliphatic rings. The molecule has 1 aromatic heterocycles. The Morgan fingerprint density at radius 3 is 2.31 bits per heavy atom. The predicted molar refractivity (Wildman–Crippen MR) is 142 cm³/mol. The molecule has 3 aromatic carbocycles. The monoisotopic (exact) mass is 530 g/mol. The summed E-state index contributed by atoms with van der Waals surface area (Å²) in [7, 11) is 0. The average Bonchev–Trinajstić information content (AvgIpc) is 3.21. The van der Waals surface area contributed by atoms with Gasteiger partial charge in [-0.2, -0.15) is 5.10 Å². The molecule has 2 unspecified atom stereocenters. The van der Waals surface area contributed by atoms with Gasteiger partial charge in [0.2, 0.25) is 5.91 Å². The Morgan fingerprint density at radius 2 is 1.63 bits per heavy atom. The van der Waals surface area contributed by atoms with Crippen LogP contribution in [0.1, 0.15) is 42.9 Å². The van der Waals surface area contributed by atoms with Crippen LogP contribution in [-0.2, 0) is 11.2 Å². The normalized spacial score (nSPS) is 17.9. The first-order valence-corrected chi connectivity index (χ1v) is 12.4. The molecule has 5 rings (SSSR count). The Hall–Kier alpha value is -3.45. The van der Waals surface area contributed by atoms with Crippen LogP contribution in [0.3, 0.4) is 0 Å². The fourth-order valence-corrected chi connectivity index (χ4v) is 4.98. The molecule has 35 heavy (non-hydrogen) atoms. The van der Waals surface area contributed by atoms with Gasteiger partial charge in [-0.15, -0.1) is 0 Å². The number of amides is 2. The first-order chi connectivity index (χ1) is 16.7. The molecule has 0 aliphatic carbocycles. The summed E-state index contributed by atoms with van der Waals surface area (Å²) in [5.74, 6) is -0.437. The summed E-state index contributed by atoms with van der Waals surface area (Å²) in [4.78, 5) is 29.6. The lowest BCUT2D eigenvalue weighted by Gasteiger charge is -2.41. The average molecular weight is 531 g/mol. The van der Waals surface area contributed by atoms with Gasteiger partial charge < -0.3 is 5.32 Å². The van der Waals surface area contributed by atoms with E-state index in [1.54, 1.807) is 9.58 Å². The Morgan fingerprint density at radius 1 is 0.971 bits per heavy atom. The number of hydrogen-bond donors (Lipinski definition) is 1. The van der Waals surface area contributed by atoms with Crippen LogP contribution >= 0.6 is 15.9 Å². The Bertz CT molecular complexity index is 1390. The number of para-hydroxylation sites is 1. The van der Waals surface area contributed by atoms with Crippen molar-refractivity contribution in [3.63, 3.8) is 0 Å². The number of rotatable bonds is 4. The smallest absolute Gasteiger partial charge is 0.278 e. The number of carbonyl (C=O) groups excluding carboxylic acids is 2. The van der Waals surface area contributed by atoms with Gasteiger partial charge in [0, 0.05) is 21.1 Å². The van der Waals surface area contributed by atoms with Gasteiger partial charge in [-0.25, -0.2) is 0 Å². The van der Waals surface area contributed by atoms with Gasteiger partial charge in [-0.05, 0) is 63.1 Å². The molecular weight excluding hydrogens is 504 g/mol. The van der Waals surface area contributed by atoms with Crippen molar-refractivity contribution in [2.75, 3.05) is 4.90 Å². The molecule has 0 saturated carbocycles. The third kappa shape index (κ3) is 4.48. The fourth-order valence-electron chi connectivity index (χ4n) is 4.71. The highest BCUT2D eigenvalue weighted by Crippen LogP contribution is 2.37. The van der Waals surface area contributed by atoms with E-state index in [1.807, 2.05) is 99.6 Å². The van der Waals surface area contributed by atoms with Crippen molar-refractivity contribution in [1.82, 2.24) is 15.1 Å². The number of fused-ring (bicyclic) bond motifs is 3. The number of hydrogen-bond acceptors (Lipinski definition) is 3. The van der Waals surface area contributed by atoms with Gasteiger partial charge in [0.1, 0.15) is 11.7 Å². The molecule has 0 fully saturated rings. The maximum Gasteiger partial charge on any atom is 0.278 e. The van der Waals surface area contributed by atoms with E-state index in [0.29, 0.717) is 17.8 Å². The minimum atomic E-state index is -0.783. The highest BCUT2D eigenvalue weighted by molar-refractivity contribution is 9.10. The summed E-state index contributed by atoms with van der Waals surface area (Å²) in [6, 6.07) is 23.9. The van der Waals surface area contributed by atoms with Crippen molar-refractivity contribution in [2.45, 2.75) is 44.8 Å². The highest BCUT2D eigenvalue weighted by atomic mass is 79.9. The maximum atomic E-state index is 14.1. The molecule has 1 aliphatic heterocycles. The Balaban J connectivity index is 1.73. The van der Waals surface area contributed by atoms with E-state index in [4.69, 9.17) is 5.10 Å². The summed E-state index contributed by atoms with van der Waals surface area (Å²) in [5, 5.41) is 8.74. The highest BCUT2D eigenvalue weighted by Gasteiger charge is 2.46. The zero-order chi connectivity index (χ0) is 24.7. The van der Waals surface area contributed by atoms with Crippen molar-refractivity contribution in [1.29, 1.82) is 0 Å². The Kier molecular flexibility index (Phi) is 5.97. The van der Waals surface area contributed by atoms with Crippen molar-refractivity contribution in [3.05, 3.63) is 94.6 Å². The molecule has 1 N–H and O–H groups in total. The van der Waals surface area contributed by atoms with E-state index < -0.39 is 17.6 Å². The van der Waals surface area contributed by atoms with Gasteiger partial charge in [-0.3, -0.25) is 19.2 Å². The topological polar surface area (TPSA) is 67.2 Å². The third-order valence-corrected chi connectivity index (χ3v) is 6.67. The first kappa shape index (κ1) is 23.3. The zero-order valence-electron chi connectivity index (χ0n) is 19.9. The van der Waals surface area contributed by atoms with Crippen LogP contribution in [0.15, 0.2) is 83.3 Å². The molecular formula is C28H27BrN4O2. The second-order valence-corrected chi connectivity index (χ2v) is 10.8. The van der Waals surface area contributed by atoms with Crippen molar-refractivity contribution in [2.24, 2.45) is 0 Å². The van der Waals surface area contributed by atoms with E-state index >= 15 is 0 Å². The van der Waals surface area contributed by atoms with Gasteiger partial charge in [0.25, 0.3) is 5.91 Å². The number of aromatic nitrogens is 2. The zero-order valence-corrected chi connectivity index (χ0v) is 21.5. The summed E-state index contributed by atoms with van der Waals surface area (Å²) in [6.07, 6.45) is 0.535. The van der Waals surface area contributed by atoms with E-state index in [2.05, 4.69) is 21.2 Å². The number of anilines is 1.